The second kappa shape index (κ2) is 5.35. The minimum atomic E-state index is 0.339. The molecule has 2 heteroatoms. The Bertz CT molecular complexity index is 557. The zero-order chi connectivity index (χ0) is 14.1. The van der Waals surface area contributed by atoms with Crippen LogP contribution in [0.5, 0.6) is 11.5 Å². The van der Waals surface area contributed by atoms with Crippen molar-refractivity contribution in [2.24, 2.45) is 5.92 Å². The van der Waals surface area contributed by atoms with Crippen molar-refractivity contribution in [1.29, 1.82) is 0 Å². The molecule has 0 saturated heterocycles. The van der Waals surface area contributed by atoms with Crippen LogP contribution in [0.1, 0.15) is 32.3 Å². The molecular formula is C18H21O2. The van der Waals surface area contributed by atoms with Crippen LogP contribution in [0.2, 0.25) is 0 Å². The third-order valence-corrected chi connectivity index (χ3v) is 4.31. The van der Waals surface area contributed by atoms with Crippen LogP contribution >= 0.6 is 0 Å². The van der Waals surface area contributed by atoms with Gasteiger partial charge in [0.15, 0.2) is 11.5 Å². The lowest BCUT2D eigenvalue weighted by atomic mass is 9.76. The number of hydrogen-bond donors (Lipinski definition) is 0. The molecule has 1 radical (unpaired) electrons. The van der Waals surface area contributed by atoms with Gasteiger partial charge in [0.2, 0.25) is 6.79 Å². The summed E-state index contributed by atoms with van der Waals surface area (Å²) in [6.07, 6.45) is 5.60. The van der Waals surface area contributed by atoms with Crippen molar-refractivity contribution in [2.75, 3.05) is 6.79 Å². The van der Waals surface area contributed by atoms with E-state index in [1.807, 2.05) is 6.07 Å². The molecule has 1 aliphatic carbocycles. The van der Waals surface area contributed by atoms with Gasteiger partial charge in [0, 0.05) is 5.92 Å². The Balaban J connectivity index is 1.75. The van der Waals surface area contributed by atoms with E-state index in [0.29, 0.717) is 12.7 Å². The van der Waals surface area contributed by atoms with Crippen molar-refractivity contribution >= 4 is 0 Å². The van der Waals surface area contributed by atoms with Gasteiger partial charge in [-0.25, -0.2) is 0 Å². The van der Waals surface area contributed by atoms with Crippen molar-refractivity contribution in [2.45, 2.75) is 33.1 Å². The van der Waals surface area contributed by atoms with E-state index in [9.17, 15) is 0 Å². The first-order valence-electron chi connectivity index (χ1n) is 7.19. The highest BCUT2D eigenvalue weighted by atomic mass is 16.7. The van der Waals surface area contributed by atoms with Crippen molar-refractivity contribution in [3.8, 4) is 11.5 Å². The minimum Gasteiger partial charge on any atom is -0.454 e. The minimum absolute atomic E-state index is 0.339. The molecule has 1 aromatic rings. The molecule has 2 aliphatic rings. The van der Waals surface area contributed by atoms with Crippen molar-refractivity contribution < 1.29 is 9.47 Å². The van der Waals surface area contributed by atoms with Gasteiger partial charge in [0.1, 0.15) is 0 Å². The second-order valence-electron chi connectivity index (χ2n) is 5.84. The Morgan fingerprint density at radius 3 is 2.90 bits per heavy atom. The Hall–Kier alpha value is -1.70. The van der Waals surface area contributed by atoms with Crippen LogP contribution in [0.4, 0.5) is 0 Å². The van der Waals surface area contributed by atoms with Gasteiger partial charge in [0.05, 0.1) is 0 Å². The monoisotopic (exact) mass is 269 g/mol. The lowest BCUT2D eigenvalue weighted by molar-refractivity contribution is 0.174. The normalized spacial score (nSPS) is 21.7. The van der Waals surface area contributed by atoms with Crippen molar-refractivity contribution in [3.05, 3.63) is 53.5 Å². The number of fused-ring (bicyclic) bond motifs is 1. The van der Waals surface area contributed by atoms with Gasteiger partial charge >= 0.3 is 0 Å². The molecule has 1 unspecified atom stereocenters. The van der Waals surface area contributed by atoms with Gasteiger partial charge in [0.25, 0.3) is 0 Å². The highest BCUT2D eigenvalue weighted by molar-refractivity contribution is 5.46. The summed E-state index contributed by atoms with van der Waals surface area (Å²) in [6, 6.07) is 6.25. The largest absolute Gasteiger partial charge is 0.454 e. The van der Waals surface area contributed by atoms with E-state index in [4.69, 9.17) is 9.47 Å². The van der Waals surface area contributed by atoms with E-state index in [2.05, 4.69) is 38.6 Å². The Morgan fingerprint density at radius 1 is 1.30 bits per heavy atom. The van der Waals surface area contributed by atoms with Crippen molar-refractivity contribution in [3.63, 3.8) is 0 Å². The first kappa shape index (κ1) is 13.3. The summed E-state index contributed by atoms with van der Waals surface area (Å²) in [5.74, 6) is 3.84. The van der Waals surface area contributed by atoms with Crippen LogP contribution in [0, 0.1) is 11.8 Å². The molecule has 0 N–H and O–H groups in total. The predicted molar refractivity (Wildman–Crippen MR) is 80.8 cm³/mol. The fraction of sp³-hybridized carbons (Fsp3) is 0.389. The smallest absolute Gasteiger partial charge is 0.231 e. The summed E-state index contributed by atoms with van der Waals surface area (Å²) in [4.78, 5) is 0. The third-order valence-electron chi connectivity index (χ3n) is 4.31. The van der Waals surface area contributed by atoms with Gasteiger partial charge in [-0.1, -0.05) is 29.9 Å². The highest BCUT2D eigenvalue weighted by Gasteiger charge is 2.24. The van der Waals surface area contributed by atoms with Gasteiger partial charge in [-0.05, 0) is 56.7 Å². The average Bonchev–Trinajstić information content (AvgIpc) is 2.88. The summed E-state index contributed by atoms with van der Waals surface area (Å²) < 4.78 is 10.8. The molecule has 2 nitrogen and oxygen atoms in total. The van der Waals surface area contributed by atoms with Crippen molar-refractivity contribution in [1.82, 2.24) is 0 Å². The molecule has 0 saturated carbocycles. The Labute approximate surface area is 121 Å². The fourth-order valence-corrected chi connectivity index (χ4v) is 2.89. The van der Waals surface area contributed by atoms with Crippen LogP contribution in [-0.4, -0.2) is 6.79 Å². The molecule has 1 aromatic carbocycles. The third kappa shape index (κ3) is 2.60. The fourth-order valence-electron chi connectivity index (χ4n) is 2.89. The molecule has 0 spiro atoms. The maximum Gasteiger partial charge on any atom is 0.231 e. The summed E-state index contributed by atoms with van der Waals surface area (Å²) in [6.45, 7) is 8.81. The molecular weight excluding hydrogens is 248 g/mol. The second-order valence-corrected chi connectivity index (χ2v) is 5.84. The van der Waals surface area contributed by atoms with Crippen LogP contribution in [0.3, 0.4) is 0 Å². The maximum absolute atomic E-state index is 5.45. The summed E-state index contributed by atoms with van der Waals surface area (Å²) in [5.41, 5.74) is 4.01. The number of ether oxygens (including phenoxy) is 2. The van der Waals surface area contributed by atoms with Crippen LogP contribution in [0.25, 0.3) is 0 Å². The highest BCUT2D eigenvalue weighted by Crippen LogP contribution is 2.38. The Morgan fingerprint density at radius 2 is 2.10 bits per heavy atom. The van der Waals surface area contributed by atoms with E-state index < -0.39 is 0 Å². The number of rotatable bonds is 3. The number of allylic oxidation sites excluding steroid dienone is 3. The number of benzene rings is 1. The Kier molecular flexibility index (Phi) is 3.56. The standard InChI is InChI=1S/C18H21O2/c1-12(2)15-6-4-13(3)16(10-15)8-14-5-7-17-18(9-14)20-11-19-17/h4-5,7,9,15H,1,6,8,10-11H2,2-3H3. The first-order chi connectivity index (χ1) is 9.63. The molecule has 0 bridgehead atoms. The van der Waals surface area contributed by atoms with Gasteiger partial charge < -0.3 is 9.47 Å². The molecule has 0 fully saturated rings. The molecule has 0 aromatic heterocycles. The molecule has 3 rings (SSSR count). The zero-order valence-electron chi connectivity index (χ0n) is 12.2. The van der Waals surface area contributed by atoms with Gasteiger partial charge in [-0.3, -0.25) is 0 Å². The van der Waals surface area contributed by atoms with E-state index in [1.165, 1.54) is 22.6 Å². The van der Waals surface area contributed by atoms with E-state index >= 15 is 0 Å². The lowest BCUT2D eigenvalue weighted by Crippen LogP contribution is -2.16. The van der Waals surface area contributed by atoms with E-state index in [-0.39, 0.29) is 0 Å². The van der Waals surface area contributed by atoms with Crippen LogP contribution in [-0.2, 0) is 6.42 Å². The topological polar surface area (TPSA) is 18.5 Å². The molecule has 1 aliphatic heterocycles. The quantitative estimate of drug-likeness (QED) is 0.754. The van der Waals surface area contributed by atoms with E-state index in [0.717, 1.165) is 30.8 Å². The lowest BCUT2D eigenvalue weighted by Gasteiger charge is -2.28. The average molecular weight is 269 g/mol. The predicted octanol–water partition coefficient (Wildman–Crippen LogP) is 4.46. The van der Waals surface area contributed by atoms with Crippen LogP contribution in [0.15, 0.2) is 42.0 Å². The molecule has 105 valence electrons. The maximum atomic E-state index is 5.45. The number of hydrogen-bond acceptors (Lipinski definition) is 2. The summed E-state index contributed by atoms with van der Waals surface area (Å²) in [7, 11) is 0. The molecule has 20 heavy (non-hydrogen) atoms. The SMILES string of the molecule is C=C(C)C1CC=C(C)[C](Cc2ccc3c(c2)OCO3)C1. The molecule has 0 amide bonds. The summed E-state index contributed by atoms with van der Waals surface area (Å²) in [5, 5.41) is 0. The first-order valence-corrected chi connectivity index (χ1v) is 7.19. The molecule has 1 atom stereocenters. The molecule has 1 heterocycles. The summed E-state index contributed by atoms with van der Waals surface area (Å²) >= 11 is 0. The van der Waals surface area contributed by atoms with Gasteiger partial charge in [-0.15, -0.1) is 0 Å². The van der Waals surface area contributed by atoms with E-state index in [1.54, 1.807) is 0 Å². The van der Waals surface area contributed by atoms with Gasteiger partial charge in [-0.2, -0.15) is 0 Å². The van der Waals surface area contributed by atoms with Crippen LogP contribution < -0.4 is 9.47 Å². The zero-order valence-corrected chi connectivity index (χ0v) is 12.2.